The summed E-state index contributed by atoms with van der Waals surface area (Å²) in [6.45, 7) is 6.58. The van der Waals surface area contributed by atoms with E-state index in [4.69, 9.17) is 16.3 Å². The van der Waals surface area contributed by atoms with Gasteiger partial charge in [-0.2, -0.15) is 0 Å². The third-order valence-corrected chi connectivity index (χ3v) is 4.37. The molecular weight excluding hydrogens is 322 g/mol. The maximum absolute atomic E-state index is 12.4. The first-order valence-electron chi connectivity index (χ1n) is 8.26. The first-order chi connectivity index (χ1) is 11.5. The first-order valence-corrected chi connectivity index (χ1v) is 8.64. The van der Waals surface area contributed by atoms with Gasteiger partial charge in [0.25, 0.3) is 5.91 Å². The van der Waals surface area contributed by atoms with E-state index in [0.29, 0.717) is 13.0 Å². The highest BCUT2D eigenvalue weighted by Gasteiger charge is 2.18. The van der Waals surface area contributed by atoms with Gasteiger partial charge >= 0.3 is 0 Å². The van der Waals surface area contributed by atoms with Crippen molar-refractivity contribution in [3.63, 3.8) is 0 Å². The van der Waals surface area contributed by atoms with E-state index in [9.17, 15) is 4.79 Å². The van der Waals surface area contributed by atoms with Crippen molar-refractivity contribution in [2.45, 2.75) is 39.7 Å². The minimum absolute atomic E-state index is 0.0765. The van der Waals surface area contributed by atoms with Gasteiger partial charge in [0.1, 0.15) is 5.75 Å². The Kier molecular flexibility index (Phi) is 6.68. The predicted molar refractivity (Wildman–Crippen MR) is 98.8 cm³/mol. The van der Waals surface area contributed by atoms with Crippen LogP contribution in [0.15, 0.2) is 42.5 Å². The molecule has 128 valence electrons. The Bertz CT molecular complexity index is 683. The number of rotatable bonds is 7. The van der Waals surface area contributed by atoms with Gasteiger partial charge in [-0.15, -0.1) is 0 Å². The van der Waals surface area contributed by atoms with E-state index < -0.39 is 6.10 Å². The maximum Gasteiger partial charge on any atom is 0.261 e. The molecule has 0 aliphatic rings. The molecule has 0 bridgehead atoms. The Morgan fingerprint density at radius 1 is 1.17 bits per heavy atom. The molecule has 0 fully saturated rings. The van der Waals surface area contributed by atoms with Crippen LogP contribution in [0.2, 0.25) is 5.02 Å². The van der Waals surface area contributed by atoms with Crippen molar-refractivity contribution in [2.75, 3.05) is 6.54 Å². The summed E-state index contributed by atoms with van der Waals surface area (Å²) in [7, 11) is 0. The monoisotopic (exact) mass is 345 g/mol. The largest absolute Gasteiger partial charge is 0.480 e. The molecule has 1 atom stereocenters. The Morgan fingerprint density at radius 2 is 1.88 bits per heavy atom. The molecule has 3 nitrogen and oxygen atoms in total. The second-order valence-corrected chi connectivity index (χ2v) is 6.32. The van der Waals surface area contributed by atoms with Gasteiger partial charge in [0.05, 0.1) is 0 Å². The Balaban J connectivity index is 1.89. The summed E-state index contributed by atoms with van der Waals surface area (Å²) in [5.41, 5.74) is 3.37. The zero-order valence-corrected chi connectivity index (χ0v) is 15.2. The lowest BCUT2D eigenvalue weighted by molar-refractivity contribution is -0.128. The summed E-state index contributed by atoms with van der Waals surface area (Å²) in [6, 6.07) is 13.6. The fraction of sp³-hybridized carbons (Fsp3) is 0.350. The molecule has 0 aromatic heterocycles. The number of carbonyl (C=O) groups is 1. The highest BCUT2D eigenvalue weighted by molar-refractivity contribution is 6.30. The predicted octanol–water partition coefficient (Wildman–Crippen LogP) is 4.47. The van der Waals surface area contributed by atoms with E-state index in [0.717, 1.165) is 33.9 Å². The Labute approximate surface area is 149 Å². The number of aryl methyl sites for hydroxylation is 1. The zero-order chi connectivity index (χ0) is 17.5. The summed E-state index contributed by atoms with van der Waals surface area (Å²) >= 11 is 5.87. The number of halogens is 1. The molecule has 0 unspecified atom stereocenters. The molecule has 0 saturated heterocycles. The van der Waals surface area contributed by atoms with Gasteiger partial charge in [0.2, 0.25) is 0 Å². The first kappa shape index (κ1) is 18.3. The Hall–Kier alpha value is -2.00. The highest BCUT2D eigenvalue weighted by Crippen LogP contribution is 2.22. The summed E-state index contributed by atoms with van der Waals surface area (Å²) in [4.78, 5) is 12.4. The molecule has 1 N–H and O–H groups in total. The minimum atomic E-state index is -0.476. The Morgan fingerprint density at radius 3 is 2.54 bits per heavy atom. The zero-order valence-electron chi connectivity index (χ0n) is 14.4. The fourth-order valence-electron chi connectivity index (χ4n) is 2.42. The summed E-state index contributed by atoms with van der Waals surface area (Å²) in [5.74, 6) is 0.696. The van der Waals surface area contributed by atoms with Gasteiger partial charge in [-0.1, -0.05) is 42.8 Å². The SMILES string of the molecule is CC[C@H](Oc1cccc(C)c1C)C(=O)NCCc1ccc(Cl)cc1. The van der Waals surface area contributed by atoms with Crippen LogP contribution < -0.4 is 10.1 Å². The van der Waals surface area contributed by atoms with Crippen molar-refractivity contribution in [3.05, 3.63) is 64.2 Å². The number of ether oxygens (including phenoxy) is 1. The van der Waals surface area contributed by atoms with Crippen LogP contribution in [0.4, 0.5) is 0 Å². The molecule has 0 radical (unpaired) electrons. The molecule has 2 rings (SSSR count). The smallest absolute Gasteiger partial charge is 0.261 e. The number of benzene rings is 2. The van der Waals surface area contributed by atoms with E-state index in [1.807, 2.05) is 63.2 Å². The molecular formula is C20H24ClNO2. The van der Waals surface area contributed by atoms with E-state index in [1.54, 1.807) is 0 Å². The van der Waals surface area contributed by atoms with Crippen molar-refractivity contribution >= 4 is 17.5 Å². The van der Waals surface area contributed by atoms with Crippen molar-refractivity contribution < 1.29 is 9.53 Å². The van der Waals surface area contributed by atoms with Crippen LogP contribution in [0.25, 0.3) is 0 Å². The van der Waals surface area contributed by atoms with Crippen LogP contribution in [0.5, 0.6) is 5.75 Å². The van der Waals surface area contributed by atoms with E-state index in [-0.39, 0.29) is 5.91 Å². The van der Waals surface area contributed by atoms with Gasteiger partial charge in [-0.25, -0.2) is 0 Å². The third kappa shape index (κ3) is 5.00. The molecule has 1 amide bonds. The van der Waals surface area contributed by atoms with E-state index in [1.165, 1.54) is 0 Å². The standard InChI is InChI=1S/C20H24ClNO2/c1-4-18(24-19-7-5-6-14(2)15(19)3)20(23)22-13-12-16-8-10-17(21)11-9-16/h5-11,18H,4,12-13H2,1-3H3,(H,22,23)/t18-/m0/s1. The van der Waals surface area contributed by atoms with Crippen molar-refractivity contribution in [1.82, 2.24) is 5.32 Å². The van der Waals surface area contributed by atoms with Gasteiger partial charge in [-0.3, -0.25) is 4.79 Å². The summed E-state index contributed by atoms with van der Waals surface area (Å²) < 4.78 is 5.93. The number of nitrogens with one attached hydrogen (secondary N) is 1. The van der Waals surface area contributed by atoms with Crippen LogP contribution in [-0.2, 0) is 11.2 Å². The van der Waals surface area contributed by atoms with Crippen molar-refractivity contribution in [1.29, 1.82) is 0 Å². The molecule has 0 saturated carbocycles. The minimum Gasteiger partial charge on any atom is -0.480 e. The molecule has 0 aliphatic heterocycles. The van der Waals surface area contributed by atoms with Crippen molar-refractivity contribution in [3.8, 4) is 5.75 Å². The van der Waals surface area contributed by atoms with Crippen LogP contribution in [0.1, 0.15) is 30.0 Å². The molecule has 0 aliphatic carbocycles. The number of hydrogen-bond donors (Lipinski definition) is 1. The van der Waals surface area contributed by atoms with E-state index >= 15 is 0 Å². The quantitative estimate of drug-likeness (QED) is 0.803. The lowest BCUT2D eigenvalue weighted by atomic mass is 10.1. The molecule has 0 spiro atoms. The summed E-state index contributed by atoms with van der Waals surface area (Å²) in [5, 5.41) is 3.67. The van der Waals surface area contributed by atoms with E-state index in [2.05, 4.69) is 5.32 Å². The molecule has 2 aromatic carbocycles. The fourth-order valence-corrected chi connectivity index (χ4v) is 2.55. The van der Waals surface area contributed by atoms with Crippen LogP contribution in [0, 0.1) is 13.8 Å². The molecule has 0 heterocycles. The van der Waals surface area contributed by atoms with Gasteiger partial charge in [0.15, 0.2) is 6.10 Å². The third-order valence-electron chi connectivity index (χ3n) is 4.11. The highest BCUT2D eigenvalue weighted by atomic mass is 35.5. The number of carbonyl (C=O) groups excluding carboxylic acids is 1. The van der Waals surface area contributed by atoms with Gasteiger partial charge in [-0.05, 0) is 61.6 Å². The van der Waals surface area contributed by atoms with Crippen molar-refractivity contribution in [2.24, 2.45) is 0 Å². The second kappa shape index (κ2) is 8.74. The average Bonchev–Trinajstić information content (AvgIpc) is 2.58. The molecule has 4 heteroatoms. The lowest BCUT2D eigenvalue weighted by Gasteiger charge is -2.19. The normalized spacial score (nSPS) is 11.8. The maximum atomic E-state index is 12.4. The number of hydrogen-bond acceptors (Lipinski definition) is 2. The van der Waals surface area contributed by atoms with Crippen LogP contribution in [-0.4, -0.2) is 18.6 Å². The topological polar surface area (TPSA) is 38.3 Å². The second-order valence-electron chi connectivity index (χ2n) is 5.88. The van der Waals surface area contributed by atoms with Gasteiger partial charge in [0, 0.05) is 11.6 Å². The lowest BCUT2D eigenvalue weighted by Crippen LogP contribution is -2.39. The van der Waals surface area contributed by atoms with Gasteiger partial charge < -0.3 is 10.1 Å². The number of amides is 1. The molecule has 2 aromatic rings. The van der Waals surface area contributed by atoms with Crippen LogP contribution in [0.3, 0.4) is 0 Å². The van der Waals surface area contributed by atoms with Crippen LogP contribution >= 0.6 is 11.6 Å². The average molecular weight is 346 g/mol. The molecule has 24 heavy (non-hydrogen) atoms. The summed E-state index contributed by atoms with van der Waals surface area (Å²) in [6.07, 6.45) is 0.916.